The summed E-state index contributed by atoms with van der Waals surface area (Å²) in [5.41, 5.74) is 0.205. The van der Waals surface area contributed by atoms with Crippen LogP contribution in [0.3, 0.4) is 0 Å². The zero-order chi connectivity index (χ0) is 14.3. The van der Waals surface area contributed by atoms with Gasteiger partial charge in [0, 0.05) is 0 Å². The SMILES string of the molecule is CC[As](CCO)c1ccc([AsH]CCO)c([N+](=O)[O-])c1.Cl. The molecule has 0 saturated heterocycles. The molecule has 1 aromatic carbocycles. The van der Waals surface area contributed by atoms with Crippen molar-refractivity contribution in [2.45, 2.75) is 22.5 Å². The van der Waals surface area contributed by atoms with E-state index in [0.29, 0.717) is 5.21 Å². The van der Waals surface area contributed by atoms with Crippen molar-refractivity contribution in [3.8, 4) is 0 Å². The molecule has 0 aliphatic heterocycles. The Morgan fingerprint density at radius 1 is 1.35 bits per heavy atom. The molecule has 0 saturated carbocycles. The quantitative estimate of drug-likeness (QED) is 0.353. The van der Waals surface area contributed by atoms with Crippen molar-refractivity contribution in [1.82, 2.24) is 0 Å². The number of aliphatic hydroxyl groups excluding tert-OH is 2. The topological polar surface area (TPSA) is 83.6 Å². The number of nitro benzene ring substituents is 1. The number of hydrogen-bond acceptors (Lipinski definition) is 4. The van der Waals surface area contributed by atoms with Crippen LogP contribution < -0.4 is 8.70 Å². The molecule has 0 aliphatic carbocycles. The van der Waals surface area contributed by atoms with Gasteiger partial charge in [-0.1, -0.05) is 0 Å². The van der Waals surface area contributed by atoms with Crippen LogP contribution in [0.1, 0.15) is 6.92 Å². The second-order valence-electron chi connectivity index (χ2n) is 3.91. The minimum atomic E-state index is -1.35. The monoisotopic (exact) mass is 427 g/mol. The largest absolute Gasteiger partial charge is 0.147 e. The van der Waals surface area contributed by atoms with Gasteiger partial charge in [0.1, 0.15) is 0 Å². The first-order valence-corrected chi connectivity index (χ1v) is 12.3. The number of nitrogens with zero attached hydrogens (tertiary/aromatic N) is 1. The molecule has 0 bridgehead atoms. The van der Waals surface area contributed by atoms with Crippen molar-refractivity contribution in [1.29, 1.82) is 0 Å². The molecule has 20 heavy (non-hydrogen) atoms. The molecule has 0 radical (unpaired) electrons. The van der Waals surface area contributed by atoms with Gasteiger partial charge in [-0.25, -0.2) is 0 Å². The van der Waals surface area contributed by atoms with Crippen LogP contribution in [0.4, 0.5) is 5.69 Å². The predicted molar refractivity (Wildman–Crippen MR) is 86.8 cm³/mol. The van der Waals surface area contributed by atoms with Gasteiger partial charge < -0.3 is 0 Å². The number of benzene rings is 1. The van der Waals surface area contributed by atoms with E-state index in [9.17, 15) is 10.1 Å². The third-order valence-electron chi connectivity index (χ3n) is 2.72. The van der Waals surface area contributed by atoms with Crippen molar-refractivity contribution in [2.24, 2.45) is 0 Å². The number of rotatable bonds is 8. The van der Waals surface area contributed by atoms with E-state index >= 15 is 0 Å². The van der Waals surface area contributed by atoms with Crippen molar-refractivity contribution < 1.29 is 15.1 Å². The summed E-state index contributed by atoms with van der Waals surface area (Å²) in [7, 11) is 0. The normalized spacial score (nSPS) is 12.3. The maximum Gasteiger partial charge on any atom is -0.147 e. The van der Waals surface area contributed by atoms with E-state index in [2.05, 4.69) is 6.92 Å². The van der Waals surface area contributed by atoms with Gasteiger partial charge >= 0.3 is 124 Å². The molecule has 1 aromatic rings. The molecule has 5 nitrogen and oxygen atoms in total. The summed E-state index contributed by atoms with van der Waals surface area (Å²) >= 11 is -1.99. The molecule has 8 heteroatoms. The fourth-order valence-electron chi connectivity index (χ4n) is 1.80. The van der Waals surface area contributed by atoms with E-state index in [-0.39, 0.29) is 36.2 Å². The molecule has 0 spiro atoms. The van der Waals surface area contributed by atoms with Crippen molar-refractivity contribution in [2.75, 3.05) is 13.2 Å². The second kappa shape index (κ2) is 10.6. The third-order valence-corrected chi connectivity index (χ3v) is 10.7. The predicted octanol–water partition coefficient (Wildman–Crippen LogP) is 0.203. The van der Waals surface area contributed by atoms with Gasteiger partial charge in [-0.3, -0.25) is 0 Å². The molecule has 2 N–H and O–H groups in total. The van der Waals surface area contributed by atoms with E-state index in [1.165, 1.54) is 0 Å². The number of nitro groups is 1. The van der Waals surface area contributed by atoms with Crippen LogP contribution in [0.2, 0.25) is 15.6 Å². The van der Waals surface area contributed by atoms with Crippen LogP contribution in [0.25, 0.3) is 0 Å². The Labute approximate surface area is 136 Å². The number of halogens is 1. The molecule has 114 valence electrons. The van der Waals surface area contributed by atoms with Crippen LogP contribution in [-0.4, -0.2) is 58.8 Å². The van der Waals surface area contributed by atoms with Crippen LogP contribution >= 0.6 is 12.4 Å². The zero-order valence-electron chi connectivity index (χ0n) is 11.3. The molecular formula is C12H20As2ClNO4. The van der Waals surface area contributed by atoms with E-state index in [0.717, 1.165) is 19.1 Å². The molecule has 0 aromatic heterocycles. The Morgan fingerprint density at radius 3 is 2.55 bits per heavy atom. The minimum Gasteiger partial charge on any atom is -0.147 e. The van der Waals surface area contributed by atoms with Crippen molar-refractivity contribution in [3.05, 3.63) is 28.3 Å². The second-order valence-corrected chi connectivity index (χ2v) is 12.4. The summed E-state index contributed by atoms with van der Waals surface area (Å²) in [4.78, 5) is 10.8. The first kappa shape index (κ1) is 19.9. The fraction of sp³-hybridized carbons (Fsp3) is 0.500. The standard InChI is InChI=1S/C12H19As2NO4.ClH/c1-2-14(6-8-17)10-3-4-11(13-5-7-16)12(9-10)15(18)19;/h3-4,9,13,16-17H,2,5-8H2,1H3;1H. The molecule has 1 rings (SSSR count). The van der Waals surface area contributed by atoms with Gasteiger partial charge in [0.05, 0.1) is 0 Å². The third kappa shape index (κ3) is 5.75. The molecule has 0 aliphatic rings. The Morgan fingerprint density at radius 2 is 2.05 bits per heavy atom. The average Bonchev–Trinajstić information content (AvgIpc) is 2.42. The van der Waals surface area contributed by atoms with Crippen molar-refractivity contribution >= 4 is 57.2 Å². The Kier molecular flexibility index (Phi) is 10.6. The first-order chi connectivity index (χ1) is 9.13. The summed E-state index contributed by atoms with van der Waals surface area (Å²) in [6.45, 7) is 2.33. The summed E-state index contributed by atoms with van der Waals surface area (Å²) in [5.74, 6) is 0. The van der Waals surface area contributed by atoms with Gasteiger partial charge in [0.2, 0.25) is 0 Å². The molecule has 0 amide bonds. The number of hydrogen-bond donors (Lipinski definition) is 2. The van der Waals surface area contributed by atoms with Gasteiger partial charge in [0.15, 0.2) is 0 Å². The number of aliphatic hydroxyl groups is 2. The maximum absolute atomic E-state index is 11.1. The summed E-state index contributed by atoms with van der Waals surface area (Å²) < 4.78 is 1.87. The molecular weight excluding hydrogens is 407 g/mol. The van der Waals surface area contributed by atoms with E-state index in [4.69, 9.17) is 10.2 Å². The smallest absolute Gasteiger partial charge is 0.147 e. The average molecular weight is 428 g/mol. The first-order valence-electron chi connectivity index (χ1n) is 6.13. The Balaban J connectivity index is 0.00000361. The molecule has 0 heterocycles. The summed E-state index contributed by atoms with van der Waals surface area (Å²) in [6.07, 6.45) is 0. The fourth-order valence-corrected chi connectivity index (χ4v) is 7.46. The van der Waals surface area contributed by atoms with Crippen molar-refractivity contribution in [3.63, 3.8) is 0 Å². The van der Waals surface area contributed by atoms with Crippen LogP contribution in [-0.2, 0) is 0 Å². The zero-order valence-corrected chi connectivity index (χ0v) is 16.1. The van der Waals surface area contributed by atoms with Crippen LogP contribution in [0.15, 0.2) is 18.2 Å². The minimum absolute atomic E-state index is 0. The summed E-state index contributed by atoms with van der Waals surface area (Å²) in [6, 6.07) is 5.55. The van der Waals surface area contributed by atoms with Gasteiger partial charge in [-0.2, -0.15) is 0 Å². The molecule has 2 atom stereocenters. The Bertz CT molecular complexity index is 434. The van der Waals surface area contributed by atoms with E-state index in [1.54, 1.807) is 6.07 Å². The van der Waals surface area contributed by atoms with E-state index < -0.39 is 30.4 Å². The molecule has 2 unspecified atom stereocenters. The van der Waals surface area contributed by atoms with Gasteiger partial charge in [-0.05, 0) is 0 Å². The van der Waals surface area contributed by atoms with Gasteiger partial charge in [0.25, 0.3) is 0 Å². The Hall–Kier alpha value is -0.0531. The van der Waals surface area contributed by atoms with Gasteiger partial charge in [-0.15, -0.1) is 12.4 Å². The summed E-state index contributed by atoms with van der Waals surface area (Å²) in [5, 5.41) is 31.5. The molecule has 0 fully saturated rings. The maximum atomic E-state index is 11.1. The van der Waals surface area contributed by atoms with Crippen LogP contribution in [0, 0.1) is 10.1 Å². The van der Waals surface area contributed by atoms with E-state index in [1.807, 2.05) is 12.1 Å². The van der Waals surface area contributed by atoms with Crippen LogP contribution in [0.5, 0.6) is 0 Å².